The van der Waals surface area contributed by atoms with Crippen molar-refractivity contribution in [1.29, 1.82) is 0 Å². The Labute approximate surface area is 181 Å². The molecule has 5 nitrogen and oxygen atoms in total. The van der Waals surface area contributed by atoms with Gasteiger partial charge in [-0.2, -0.15) is 0 Å². The molecule has 0 aliphatic heterocycles. The van der Waals surface area contributed by atoms with Gasteiger partial charge in [0.15, 0.2) is 6.61 Å². The molecule has 0 unspecified atom stereocenters. The molecule has 0 saturated carbocycles. The molecule has 0 aromatic heterocycles. The number of hydrogen-bond donors (Lipinski definition) is 2. The van der Waals surface area contributed by atoms with Crippen LogP contribution in [0.1, 0.15) is 16.7 Å². The fourth-order valence-corrected chi connectivity index (χ4v) is 3.10. The predicted octanol–water partition coefficient (Wildman–Crippen LogP) is 3.27. The number of benzene rings is 3. The normalized spacial score (nSPS) is 10.4. The van der Waals surface area contributed by atoms with E-state index in [0.29, 0.717) is 11.3 Å². The van der Waals surface area contributed by atoms with Crippen LogP contribution in [0.4, 0.5) is 4.39 Å². The first-order valence-corrected chi connectivity index (χ1v) is 10.1. The Morgan fingerprint density at radius 2 is 1.45 bits per heavy atom. The van der Waals surface area contributed by atoms with Crippen LogP contribution in [0.5, 0.6) is 5.75 Å². The lowest BCUT2D eigenvalue weighted by molar-refractivity contribution is -0.124. The van der Waals surface area contributed by atoms with Crippen LogP contribution in [-0.2, 0) is 22.4 Å². The second-order valence-corrected chi connectivity index (χ2v) is 7.07. The maximum Gasteiger partial charge on any atom is 0.258 e. The third-order valence-corrected chi connectivity index (χ3v) is 4.59. The number of nitrogens with one attached hydrogen (secondary N) is 2. The van der Waals surface area contributed by atoms with Crippen molar-refractivity contribution in [3.05, 3.63) is 101 Å². The highest BCUT2D eigenvalue weighted by Crippen LogP contribution is 2.21. The summed E-state index contributed by atoms with van der Waals surface area (Å²) in [7, 11) is 0. The Hall–Kier alpha value is -3.67. The number of ether oxygens (including phenoxy) is 1. The van der Waals surface area contributed by atoms with Crippen LogP contribution in [0, 0.1) is 5.82 Å². The molecule has 0 heterocycles. The minimum absolute atomic E-state index is 0.0903. The smallest absolute Gasteiger partial charge is 0.258 e. The fraction of sp³-hybridized carbons (Fsp3) is 0.200. The fourth-order valence-electron chi connectivity index (χ4n) is 3.10. The monoisotopic (exact) mass is 420 g/mol. The van der Waals surface area contributed by atoms with E-state index >= 15 is 0 Å². The van der Waals surface area contributed by atoms with Crippen molar-refractivity contribution >= 4 is 11.8 Å². The van der Waals surface area contributed by atoms with E-state index in [1.807, 2.05) is 54.6 Å². The molecular weight excluding hydrogens is 395 g/mol. The van der Waals surface area contributed by atoms with Gasteiger partial charge in [-0.1, -0.05) is 60.7 Å². The molecule has 0 saturated heterocycles. The van der Waals surface area contributed by atoms with Gasteiger partial charge in [-0.25, -0.2) is 4.39 Å². The highest BCUT2D eigenvalue weighted by atomic mass is 19.1. The summed E-state index contributed by atoms with van der Waals surface area (Å²) in [6.07, 6.45) is 0.809. The van der Waals surface area contributed by atoms with Gasteiger partial charge in [0.05, 0.1) is 6.42 Å². The molecular formula is C25H25FN2O3. The maximum absolute atomic E-state index is 13.2. The van der Waals surface area contributed by atoms with Crippen LogP contribution in [0.2, 0.25) is 0 Å². The summed E-state index contributed by atoms with van der Waals surface area (Å²) < 4.78 is 18.9. The molecule has 6 heteroatoms. The van der Waals surface area contributed by atoms with Crippen LogP contribution in [-0.4, -0.2) is 31.5 Å². The van der Waals surface area contributed by atoms with Gasteiger partial charge in [0.2, 0.25) is 5.91 Å². The van der Waals surface area contributed by atoms with Crippen molar-refractivity contribution in [2.45, 2.75) is 12.8 Å². The van der Waals surface area contributed by atoms with Crippen molar-refractivity contribution in [2.24, 2.45) is 0 Å². The van der Waals surface area contributed by atoms with E-state index in [1.54, 1.807) is 12.1 Å². The molecule has 0 aliphatic rings. The SMILES string of the molecule is O=C(COc1ccccc1Cc1ccccc1)NCCNC(=O)Cc1cccc(F)c1. The van der Waals surface area contributed by atoms with Crippen molar-refractivity contribution in [3.63, 3.8) is 0 Å². The van der Waals surface area contributed by atoms with Gasteiger partial charge in [-0.3, -0.25) is 9.59 Å². The lowest BCUT2D eigenvalue weighted by atomic mass is 10.0. The first-order chi connectivity index (χ1) is 15.1. The highest BCUT2D eigenvalue weighted by molar-refractivity contribution is 5.79. The third-order valence-electron chi connectivity index (χ3n) is 4.59. The summed E-state index contributed by atoms with van der Waals surface area (Å²) in [4.78, 5) is 24.0. The van der Waals surface area contributed by atoms with Crippen molar-refractivity contribution in [1.82, 2.24) is 10.6 Å². The van der Waals surface area contributed by atoms with E-state index in [4.69, 9.17) is 4.74 Å². The molecule has 0 atom stereocenters. The Kier molecular flexibility index (Phi) is 8.17. The first kappa shape index (κ1) is 22.0. The molecule has 3 rings (SSSR count). The van der Waals surface area contributed by atoms with E-state index in [2.05, 4.69) is 10.6 Å². The molecule has 160 valence electrons. The van der Waals surface area contributed by atoms with Crippen molar-refractivity contribution in [3.8, 4) is 5.75 Å². The standard InChI is InChI=1S/C25H25FN2O3/c26-22-11-6-9-20(16-22)17-24(29)27-13-14-28-25(30)18-31-23-12-5-4-10-21(23)15-19-7-2-1-3-8-19/h1-12,16H,13-15,17-18H2,(H,27,29)(H,28,30). The molecule has 0 aliphatic carbocycles. The summed E-state index contributed by atoms with van der Waals surface area (Å²) in [5.74, 6) is -0.201. The van der Waals surface area contributed by atoms with Crippen LogP contribution in [0.15, 0.2) is 78.9 Å². The minimum atomic E-state index is -0.372. The number of halogens is 1. The number of rotatable bonds is 10. The zero-order valence-electron chi connectivity index (χ0n) is 17.1. The van der Waals surface area contributed by atoms with E-state index in [1.165, 1.54) is 12.1 Å². The number of para-hydroxylation sites is 1. The Bertz CT molecular complexity index is 1010. The number of carbonyl (C=O) groups is 2. The zero-order valence-corrected chi connectivity index (χ0v) is 17.1. The Morgan fingerprint density at radius 3 is 2.23 bits per heavy atom. The lowest BCUT2D eigenvalue weighted by Crippen LogP contribution is -2.37. The van der Waals surface area contributed by atoms with Crippen LogP contribution >= 0.6 is 0 Å². The van der Waals surface area contributed by atoms with Gasteiger partial charge in [0.1, 0.15) is 11.6 Å². The van der Waals surface area contributed by atoms with Gasteiger partial charge in [-0.05, 0) is 34.9 Å². The second kappa shape index (κ2) is 11.5. The largest absolute Gasteiger partial charge is 0.483 e. The van der Waals surface area contributed by atoms with E-state index in [0.717, 1.165) is 17.5 Å². The van der Waals surface area contributed by atoms with Gasteiger partial charge in [0.25, 0.3) is 5.91 Å². The molecule has 0 fully saturated rings. The number of hydrogen-bond acceptors (Lipinski definition) is 3. The van der Waals surface area contributed by atoms with E-state index in [9.17, 15) is 14.0 Å². The molecule has 31 heavy (non-hydrogen) atoms. The van der Waals surface area contributed by atoms with Gasteiger partial charge < -0.3 is 15.4 Å². The number of amides is 2. The first-order valence-electron chi connectivity index (χ1n) is 10.1. The summed E-state index contributed by atoms with van der Waals surface area (Å²) in [5.41, 5.74) is 2.77. The van der Waals surface area contributed by atoms with E-state index < -0.39 is 0 Å². The summed E-state index contributed by atoms with van der Waals surface area (Å²) in [6.45, 7) is 0.455. The second-order valence-electron chi connectivity index (χ2n) is 7.07. The minimum Gasteiger partial charge on any atom is -0.483 e. The predicted molar refractivity (Wildman–Crippen MR) is 117 cm³/mol. The topological polar surface area (TPSA) is 67.4 Å². The van der Waals surface area contributed by atoms with Crippen LogP contribution in [0.25, 0.3) is 0 Å². The molecule has 2 amide bonds. The summed E-state index contributed by atoms with van der Waals surface area (Å²) in [5, 5.41) is 5.41. The molecule has 3 aromatic carbocycles. The summed E-state index contributed by atoms with van der Waals surface area (Å²) >= 11 is 0. The number of carbonyl (C=O) groups excluding carboxylic acids is 2. The van der Waals surface area contributed by atoms with Gasteiger partial charge in [-0.15, -0.1) is 0 Å². The maximum atomic E-state index is 13.2. The zero-order chi connectivity index (χ0) is 21.9. The summed E-state index contributed by atoms with van der Waals surface area (Å²) in [6, 6.07) is 23.6. The van der Waals surface area contributed by atoms with Crippen LogP contribution in [0.3, 0.4) is 0 Å². The Balaban J connectivity index is 1.37. The van der Waals surface area contributed by atoms with Crippen LogP contribution < -0.4 is 15.4 Å². The quantitative estimate of drug-likeness (QED) is 0.495. The molecule has 0 radical (unpaired) electrons. The van der Waals surface area contributed by atoms with Crippen molar-refractivity contribution < 1.29 is 18.7 Å². The average molecular weight is 420 g/mol. The van der Waals surface area contributed by atoms with Gasteiger partial charge >= 0.3 is 0 Å². The highest BCUT2D eigenvalue weighted by Gasteiger charge is 2.08. The van der Waals surface area contributed by atoms with Crippen molar-refractivity contribution in [2.75, 3.05) is 19.7 Å². The average Bonchev–Trinajstić information content (AvgIpc) is 2.77. The lowest BCUT2D eigenvalue weighted by Gasteiger charge is -2.12. The third kappa shape index (κ3) is 7.59. The van der Waals surface area contributed by atoms with Gasteiger partial charge in [0, 0.05) is 19.5 Å². The molecule has 0 spiro atoms. The molecule has 2 N–H and O–H groups in total. The molecule has 3 aromatic rings. The molecule has 0 bridgehead atoms. The van der Waals surface area contributed by atoms with E-state index in [-0.39, 0.29) is 43.7 Å². The Morgan fingerprint density at radius 1 is 0.774 bits per heavy atom.